The summed E-state index contributed by atoms with van der Waals surface area (Å²) in [5, 5.41) is 7.24. The third-order valence-electron chi connectivity index (χ3n) is 3.51. The van der Waals surface area contributed by atoms with Gasteiger partial charge in [0.1, 0.15) is 5.82 Å². The lowest BCUT2D eigenvalue weighted by molar-refractivity contribution is 0.102. The van der Waals surface area contributed by atoms with Crippen molar-refractivity contribution >= 4 is 11.7 Å². The highest BCUT2D eigenvalue weighted by molar-refractivity contribution is 6.03. The first-order chi connectivity index (χ1) is 11.0. The van der Waals surface area contributed by atoms with Gasteiger partial charge in [-0.3, -0.25) is 4.79 Å². The number of nitrogens with one attached hydrogen (secondary N) is 1. The molecule has 0 radical (unpaired) electrons. The Morgan fingerprint density at radius 2 is 1.74 bits per heavy atom. The second-order valence-corrected chi connectivity index (χ2v) is 5.50. The normalized spacial score (nSPS) is 10.6. The molecule has 2 heterocycles. The van der Waals surface area contributed by atoms with E-state index in [0.29, 0.717) is 11.4 Å². The quantitative estimate of drug-likeness (QED) is 0.806. The van der Waals surface area contributed by atoms with E-state index < -0.39 is 0 Å². The number of aromatic nitrogens is 3. The average Bonchev–Trinajstić information content (AvgIpc) is 2.86. The molecule has 0 aliphatic rings. The van der Waals surface area contributed by atoms with Crippen LogP contribution in [0.15, 0.2) is 48.5 Å². The van der Waals surface area contributed by atoms with Crippen molar-refractivity contribution in [3.05, 3.63) is 71.2 Å². The lowest BCUT2D eigenvalue weighted by Gasteiger charge is -2.07. The molecule has 0 aliphatic carbocycles. The molecule has 0 unspecified atom stereocenters. The van der Waals surface area contributed by atoms with Gasteiger partial charge in [-0.05, 0) is 63.2 Å². The summed E-state index contributed by atoms with van der Waals surface area (Å²) in [6.45, 7) is 5.85. The third-order valence-corrected chi connectivity index (χ3v) is 3.51. The average molecular weight is 306 g/mol. The Kier molecular flexibility index (Phi) is 3.93. The molecule has 0 saturated carbocycles. The zero-order valence-corrected chi connectivity index (χ0v) is 13.4. The Balaban J connectivity index is 1.79. The van der Waals surface area contributed by atoms with Gasteiger partial charge in [0.05, 0.1) is 11.4 Å². The first-order valence-electron chi connectivity index (χ1n) is 7.41. The molecule has 0 aliphatic heterocycles. The maximum Gasteiger partial charge on any atom is 0.256 e. The number of pyridine rings is 1. The molecule has 1 aromatic carbocycles. The molecule has 0 bridgehead atoms. The fourth-order valence-corrected chi connectivity index (χ4v) is 2.45. The number of aryl methyl sites for hydroxylation is 3. The molecular weight excluding hydrogens is 288 g/mol. The smallest absolute Gasteiger partial charge is 0.256 e. The molecule has 2 aromatic heterocycles. The predicted octanol–water partition coefficient (Wildman–Crippen LogP) is 3.44. The van der Waals surface area contributed by atoms with Crippen LogP contribution in [0.25, 0.3) is 5.69 Å². The first kappa shape index (κ1) is 15.0. The molecule has 0 saturated heterocycles. The van der Waals surface area contributed by atoms with Crippen LogP contribution in [0, 0.1) is 20.8 Å². The fourth-order valence-electron chi connectivity index (χ4n) is 2.45. The minimum Gasteiger partial charge on any atom is -0.307 e. The molecular formula is C18H18N4O. The lowest BCUT2D eigenvalue weighted by Crippen LogP contribution is -2.13. The number of rotatable bonds is 3. The molecule has 0 spiro atoms. The van der Waals surface area contributed by atoms with Crippen LogP contribution in [0.1, 0.15) is 27.4 Å². The zero-order chi connectivity index (χ0) is 16.4. The fraction of sp³-hybridized carbons (Fsp3) is 0.167. The summed E-state index contributed by atoms with van der Waals surface area (Å²) in [4.78, 5) is 16.5. The van der Waals surface area contributed by atoms with E-state index in [-0.39, 0.29) is 5.91 Å². The number of carbonyl (C=O) groups excluding carboxylic acids is 1. The molecule has 23 heavy (non-hydrogen) atoms. The van der Waals surface area contributed by atoms with Gasteiger partial charge in [-0.2, -0.15) is 5.10 Å². The van der Waals surface area contributed by atoms with Crippen molar-refractivity contribution in [1.82, 2.24) is 14.8 Å². The highest BCUT2D eigenvalue weighted by atomic mass is 16.1. The van der Waals surface area contributed by atoms with Crippen LogP contribution in [0.5, 0.6) is 0 Å². The number of amides is 1. The van der Waals surface area contributed by atoms with E-state index in [2.05, 4.69) is 15.4 Å². The van der Waals surface area contributed by atoms with Crippen molar-refractivity contribution in [2.45, 2.75) is 20.8 Å². The van der Waals surface area contributed by atoms with Crippen molar-refractivity contribution in [2.75, 3.05) is 5.32 Å². The van der Waals surface area contributed by atoms with Crippen LogP contribution in [0.4, 0.5) is 5.82 Å². The molecule has 5 nitrogen and oxygen atoms in total. The minimum atomic E-state index is -0.178. The highest BCUT2D eigenvalue weighted by Crippen LogP contribution is 2.14. The minimum absolute atomic E-state index is 0.178. The predicted molar refractivity (Wildman–Crippen MR) is 90.0 cm³/mol. The van der Waals surface area contributed by atoms with Gasteiger partial charge in [-0.15, -0.1) is 0 Å². The second kappa shape index (κ2) is 6.04. The van der Waals surface area contributed by atoms with Crippen molar-refractivity contribution in [3.63, 3.8) is 0 Å². The number of benzene rings is 1. The van der Waals surface area contributed by atoms with Gasteiger partial charge < -0.3 is 5.32 Å². The summed E-state index contributed by atoms with van der Waals surface area (Å²) in [7, 11) is 0. The molecule has 1 N–H and O–H groups in total. The monoisotopic (exact) mass is 306 g/mol. The van der Waals surface area contributed by atoms with Crippen LogP contribution >= 0.6 is 0 Å². The standard InChI is InChI=1S/C18H18N4O/c1-12-5-4-6-17(19-12)20-18(23)15-7-9-16(10-8-15)22-14(3)11-13(2)21-22/h4-11H,1-3H3,(H,19,20,23). The van der Waals surface area contributed by atoms with Gasteiger partial charge in [0, 0.05) is 17.0 Å². The third kappa shape index (κ3) is 3.29. The van der Waals surface area contributed by atoms with E-state index in [0.717, 1.165) is 22.8 Å². The van der Waals surface area contributed by atoms with Crippen molar-refractivity contribution < 1.29 is 4.79 Å². The van der Waals surface area contributed by atoms with E-state index in [1.54, 1.807) is 18.2 Å². The lowest BCUT2D eigenvalue weighted by atomic mass is 10.2. The Labute approximate surface area is 135 Å². The summed E-state index contributed by atoms with van der Waals surface area (Å²) in [6.07, 6.45) is 0. The van der Waals surface area contributed by atoms with Crippen molar-refractivity contribution in [1.29, 1.82) is 0 Å². The highest BCUT2D eigenvalue weighted by Gasteiger charge is 2.08. The topological polar surface area (TPSA) is 59.8 Å². The van der Waals surface area contributed by atoms with Crippen LogP contribution in [-0.2, 0) is 0 Å². The molecule has 3 rings (SSSR count). The summed E-state index contributed by atoms with van der Waals surface area (Å²) in [5.41, 5.74) is 4.40. The van der Waals surface area contributed by atoms with E-state index in [1.165, 1.54) is 0 Å². The van der Waals surface area contributed by atoms with E-state index in [1.807, 2.05) is 55.8 Å². The summed E-state index contributed by atoms with van der Waals surface area (Å²) in [6, 6.07) is 14.9. The Bertz CT molecular complexity index is 850. The van der Waals surface area contributed by atoms with Crippen LogP contribution < -0.4 is 5.32 Å². The molecule has 0 atom stereocenters. The summed E-state index contributed by atoms with van der Waals surface area (Å²) in [5.74, 6) is 0.376. The number of nitrogens with zero attached hydrogens (tertiary/aromatic N) is 3. The van der Waals surface area contributed by atoms with Gasteiger partial charge in [0.25, 0.3) is 5.91 Å². The van der Waals surface area contributed by atoms with Crippen LogP contribution in [0.3, 0.4) is 0 Å². The molecule has 3 aromatic rings. The molecule has 5 heteroatoms. The first-order valence-corrected chi connectivity index (χ1v) is 7.41. The van der Waals surface area contributed by atoms with Gasteiger partial charge in [0.2, 0.25) is 0 Å². The van der Waals surface area contributed by atoms with E-state index >= 15 is 0 Å². The molecule has 1 amide bonds. The van der Waals surface area contributed by atoms with Crippen molar-refractivity contribution in [3.8, 4) is 5.69 Å². The maximum absolute atomic E-state index is 12.3. The number of hydrogen-bond acceptors (Lipinski definition) is 3. The number of carbonyl (C=O) groups is 1. The van der Waals surface area contributed by atoms with E-state index in [9.17, 15) is 4.79 Å². The largest absolute Gasteiger partial charge is 0.307 e. The van der Waals surface area contributed by atoms with Gasteiger partial charge in [-0.25, -0.2) is 9.67 Å². The maximum atomic E-state index is 12.3. The van der Waals surface area contributed by atoms with Crippen molar-refractivity contribution in [2.24, 2.45) is 0 Å². The Morgan fingerprint density at radius 1 is 1.00 bits per heavy atom. The van der Waals surface area contributed by atoms with Gasteiger partial charge in [-0.1, -0.05) is 6.07 Å². The SMILES string of the molecule is Cc1cccc(NC(=O)c2ccc(-n3nc(C)cc3C)cc2)n1. The molecule has 0 fully saturated rings. The Morgan fingerprint density at radius 3 is 2.35 bits per heavy atom. The summed E-state index contributed by atoms with van der Waals surface area (Å²) >= 11 is 0. The number of anilines is 1. The zero-order valence-electron chi connectivity index (χ0n) is 13.4. The Hall–Kier alpha value is -2.95. The van der Waals surface area contributed by atoms with Crippen LogP contribution in [-0.4, -0.2) is 20.7 Å². The van der Waals surface area contributed by atoms with Crippen LogP contribution in [0.2, 0.25) is 0 Å². The summed E-state index contributed by atoms with van der Waals surface area (Å²) < 4.78 is 1.86. The van der Waals surface area contributed by atoms with Gasteiger partial charge in [0.15, 0.2) is 0 Å². The number of hydrogen-bond donors (Lipinski definition) is 1. The van der Waals surface area contributed by atoms with E-state index in [4.69, 9.17) is 0 Å². The second-order valence-electron chi connectivity index (χ2n) is 5.50. The van der Waals surface area contributed by atoms with Gasteiger partial charge >= 0.3 is 0 Å². The molecule has 116 valence electrons.